The molecule has 1 saturated heterocycles. The molecule has 0 bridgehead atoms. The summed E-state index contributed by atoms with van der Waals surface area (Å²) in [6.07, 6.45) is -2.88. The van der Waals surface area contributed by atoms with Crippen LogP contribution < -0.4 is 10.6 Å². The molecule has 2 amide bonds. The molecule has 0 spiro atoms. The van der Waals surface area contributed by atoms with Gasteiger partial charge in [-0.1, -0.05) is 41.9 Å². The van der Waals surface area contributed by atoms with E-state index in [1.807, 2.05) is 0 Å². The number of hydrogen-bond acceptors (Lipinski definition) is 3. The molecule has 2 atom stereocenters. The third kappa shape index (κ3) is 5.91. The Morgan fingerprint density at radius 1 is 1.09 bits per heavy atom. The summed E-state index contributed by atoms with van der Waals surface area (Å²) in [4.78, 5) is 17.5. The molecule has 184 valence electrons. The summed E-state index contributed by atoms with van der Waals surface area (Å²) in [5.41, 5.74) is -2.06. The SMILES string of the molecule is O=C(N[C@@H]1CCOC1)N[C@](Cc1ccccc1)(c1cc(F)cc(C(F)(F)F)c1)c1ccc(Cl)cn1. The van der Waals surface area contributed by atoms with Crippen LogP contribution in [0.25, 0.3) is 0 Å². The molecular formula is C25H22ClF4N3O2. The number of hydrogen-bond donors (Lipinski definition) is 2. The molecule has 0 radical (unpaired) electrons. The quantitative estimate of drug-likeness (QED) is 0.435. The average Bonchev–Trinajstić information content (AvgIpc) is 3.31. The normalized spacial score (nSPS) is 17.6. The van der Waals surface area contributed by atoms with Crippen LogP contribution in [-0.4, -0.2) is 30.3 Å². The number of benzene rings is 2. The van der Waals surface area contributed by atoms with Gasteiger partial charge in [-0.25, -0.2) is 9.18 Å². The molecule has 2 N–H and O–H groups in total. The summed E-state index contributed by atoms with van der Waals surface area (Å²) in [6, 6.07) is 13.2. The number of halogens is 5. The number of amides is 2. The van der Waals surface area contributed by atoms with E-state index in [0.29, 0.717) is 36.3 Å². The number of urea groups is 1. The fourth-order valence-electron chi connectivity index (χ4n) is 4.11. The number of nitrogens with one attached hydrogen (secondary N) is 2. The molecule has 0 unspecified atom stereocenters. The molecule has 35 heavy (non-hydrogen) atoms. The molecule has 3 aromatic rings. The zero-order chi connectivity index (χ0) is 25.1. The van der Waals surface area contributed by atoms with Crippen LogP contribution in [0.2, 0.25) is 5.02 Å². The van der Waals surface area contributed by atoms with Crippen molar-refractivity contribution < 1.29 is 27.1 Å². The number of carbonyl (C=O) groups is 1. The van der Waals surface area contributed by atoms with Gasteiger partial charge in [-0.2, -0.15) is 13.2 Å². The summed E-state index contributed by atoms with van der Waals surface area (Å²) in [5.74, 6) is -1.09. The van der Waals surface area contributed by atoms with E-state index >= 15 is 0 Å². The molecule has 0 aliphatic carbocycles. The van der Waals surface area contributed by atoms with Crippen LogP contribution in [0.4, 0.5) is 22.4 Å². The Hall–Kier alpha value is -3.17. The van der Waals surface area contributed by atoms with E-state index in [1.54, 1.807) is 30.3 Å². The molecular weight excluding hydrogens is 486 g/mol. The lowest BCUT2D eigenvalue weighted by Crippen LogP contribution is -2.54. The van der Waals surface area contributed by atoms with E-state index in [2.05, 4.69) is 15.6 Å². The second-order valence-corrected chi connectivity index (χ2v) is 8.75. The first-order valence-corrected chi connectivity index (χ1v) is 11.2. The maximum absolute atomic E-state index is 14.6. The highest BCUT2D eigenvalue weighted by atomic mass is 35.5. The number of rotatable bonds is 6. The van der Waals surface area contributed by atoms with Crippen LogP contribution in [0.3, 0.4) is 0 Å². The van der Waals surface area contributed by atoms with Crippen LogP contribution in [0.15, 0.2) is 66.9 Å². The van der Waals surface area contributed by atoms with Gasteiger partial charge in [0, 0.05) is 19.2 Å². The van der Waals surface area contributed by atoms with Crippen molar-refractivity contribution in [2.75, 3.05) is 13.2 Å². The smallest absolute Gasteiger partial charge is 0.379 e. The van der Waals surface area contributed by atoms with Gasteiger partial charge >= 0.3 is 12.2 Å². The van der Waals surface area contributed by atoms with Gasteiger partial charge in [-0.15, -0.1) is 0 Å². The highest BCUT2D eigenvalue weighted by molar-refractivity contribution is 6.30. The molecule has 2 heterocycles. The minimum Gasteiger partial charge on any atom is -0.379 e. The first-order valence-electron chi connectivity index (χ1n) is 10.9. The lowest BCUT2D eigenvalue weighted by Gasteiger charge is -2.36. The number of pyridine rings is 1. The number of alkyl halides is 3. The summed E-state index contributed by atoms with van der Waals surface area (Å²) < 4.78 is 60.8. The van der Waals surface area contributed by atoms with E-state index < -0.39 is 29.1 Å². The predicted molar refractivity (Wildman–Crippen MR) is 122 cm³/mol. The molecule has 1 aromatic heterocycles. The van der Waals surface area contributed by atoms with Gasteiger partial charge in [0.15, 0.2) is 0 Å². The Bertz CT molecular complexity index is 1170. The van der Waals surface area contributed by atoms with E-state index in [1.165, 1.54) is 18.3 Å². The summed E-state index contributed by atoms with van der Waals surface area (Å²) in [7, 11) is 0. The average molecular weight is 508 g/mol. The Labute approximate surface area is 204 Å². The fourth-order valence-corrected chi connectivity index (χ4v) is 4.23. The third-order valence-electron chi connectivity index (χ3n) is 5.79. The van der Waals surface area contributed by atoms with E-state index in [0.717, 1.165) is 12.1 Å². The zero-order valence-electron chi connectivity index (χ0n) is 18.4. The summed E-state index contributed by atoms with van der Waals surface area (Å²) >= 11 is 6.01. The summed E-state index contributed by atoms with van der Waals surface area (Å²) in [5, 5.41) is 5.90. The van der Waals surface area contributed by atoms with Crippen molar-refractivity contribution in [1.82, 2.24) is 15.6 Å². The molecule has 2 aromatic carbocycles. The Balaban J connectivity index is 1.89. The minimum absolute atomic E-state index is 0.00217. The predicted octanol–water partition coefficient (Wildman–Crippen LogP) is 5.47. The lowest BCUT2D eigenvalue weighted by molar-refractivity contribution is -0.137. The molecule has 5 nitrogen and oxygen atoms in total. The Morgan fingerprint density at radius 3 is 2.46 bits per heavy atom. The second-order valence-electron chi connectivity index (χ2n) is 8.31. The number of ether oxygens (including phenoxy) is 1. The first kappa shape index (κ1) is 24.9. The largest absolute Gasteiger partial charge is 0.416 e. The van der Waals surface area contributed by atoms with Crippen LogP contribution in [0.5, 0.6) is 0 Å². The lowest BCUT2D eigenvalue weighted by atomic mass is 9.79. The van der Waals surface area contributed by atoms with Crippen LogP contribution >= 0.6 is 11.6 Å². The van der Waals surface area contributed by atoms with Crippen molar-refractivity contribution in [2.24, 2.45) is 0 Å². The van der Waals surface area contributed by atoms with Crippen LogP contribution in [0.1, 0.15) is 28.8 Å². The highest BCUT2D eigenvalue weighted by Gasteiger charge is 2.41. The Kier molecular flexibility index (Phi) is 7.28. The standard InChI is InChI=1S/C25H22ClF4N3O2/c26-19-6-7-22(31-14-19)24(13-16-4-2-1-3-5-16,33-23(34)32-21-8-9-35-15-21)17-10-18(25(28,29)30)12-20(27)11-17/h1-7,10-12,14,21H,8-9,13,15H2,(H2,32,33,34)/t21-,24-/m1/s1. The van der Waals surface area contributed by atoms with Gasteiger partial charge in [-0.3, -0.25) is 4.98 Å². The van der Waals surface area contributed by atoms with Crippen molar-refractivity contribution >= 4 is 17.6 Å². The van der Waals surface area contributed by atoms with Gasteiger partial charge in [0.2, 0.25) is 0 Å². The molecule has 0 saturated carbocycles. The third-order valence-corrected chi connectivity index (χ3v) is 6.01. The van der Waals surface area contributed by atoms with Crippen molar-refractivity contribution in [3.8, 4) is 0 Å². The molecule has 4 rings (SSSR count). The molecule has 1 aliphatic heterocycles. The van der Waals surface area contributed by atoms with Crippen molar-refractivity contribution in [3.05, 3.63) is 100 Å². The van der Waals surface area contributed by atoms with E-state index in [9.17, 15) is 22.4 Å². The van der Waals surface area contributed by atoms with Gasteiger partial charge in [0.05, 0.1) is 28.9 Å². The summed E-state index contributed by atoms with van der Waals surface area (Å²) in [6.45, 7) is 0.800. The van der Waals surface area contributed by atoms with Crippen molar-refractivity contribution in [2.45, 2.75) is 30.6 Å². The fraction of sp³-hybridized carbons (Fsp3) is 0.280. The van der Waals surface area contributed by atoms with Gasteiger partial charge in [-0.05, 0) is 47.9 Å². The topological polar surface area (TPSA) is 63.2 Å². The monoisotopic (exact) mass is 507 g/mol. The van der Waals surface area contributed by atoms with Crippen molar-refractivity contribution in [1.29, 1.82) is 0 Å². The first-order chi connectivity index (χ1) is 16.7. The molecule has 1 fully saturated rings. The molecule has 1 aliphatic rings. The maximum atomic E-state index is 14.6. The molecule has 10 heteroatoms. The van der Waals surface area contributed by atoms with E-state index in [4.69, 9.17) is 16.3 Å². The second kappa shape index (κ2) is 10.2. The number of carbonyl (C=O) groups excluding carboxylic acids is 1. The van der Waals surface area contributed by atoms with Gasteiger partial charge in [0.25, 0.3) is 0 Å². The maximum Gasteiger partial charge on any atom is 0.416 e. The van der Waals surface area contributed by atoms with E-state index in [-0.39, 0.29) is 23.7 Å². The number of nitrogens with zero attached hydrogens (tertiary/aromatic N) is 1. The minimum atomic E-state index is -4.80. The van der Waals surface area contributed by atoms with Gasteiger partial charge < -0.3 is 15.4 Å². The zero-order valence-corrected chi connectivity index (χ0v) is 19.2. The van der Waals surface area contributed by atoms with Gasteiger partial charge in [0.1, 0.15) is 11.4 Å². The van der Waals surface area contributed by atoms with Crippen LogP contribution in [0, 0.1) is 5.82 Å². The highest BCUT2D eigenvalue weighted by Crippen LogP contribution is 2.37. The van der Waals surface area contributed by atoms with Crippen LogP contribution in [-0.2, 0) is 22.9 Å². The van der Waals surface area contributed by atoms with Crippen molar-refractivity contribution in [3.63, 3.8) is 0 Å². The number of aromatic nitrogens is 1. The Morgan fingerprint density at radius 2 is 1.83 bits per heavy atom.